The second-order valence-electron chi connectivity index (χ2n) is 4.48. The molecular weight excluding hydrogens is 176 g/mol. The van der Waals surface area contributed by atoms with E-state index < -0.39 is 0 Å². The number of hydrogen-bond donors (Lipinski definition) is 1. The maximum atomic E-state index is 5.04. The second kappa shape index (κ2) is 4.31. The Balaban J connectivity index is 2.59. The first-order chi connectivity index (χ1) is 6.51. The van der Waals surface area contributed by atoms with E-state index in [9.17, 15) is 0 Å². The summed E-state index contributed by atoms with van der Waals surface area (Å²) in [7, 11) is 1.62. The number of rotatable bonds is 3. The van der Waals surface area contributed by atoms with Crippen LogP contribution in [-0.2, 0) is 0 Å². The number of anilines is 1. The van der Waals surface area contributed by atoms with Gasteiger partial charge >= 0.3 is 0 Å². The highest BCUT2D eigenvalue weighted by molar-refractivity contribution is 5.37. The Morgan fingerprint density at radius 1 is 1.36 bits per heavy atom. The quantitative estimate of drug-likeness (QED) is 0.803. The standard InChI is InChI=1S/C11H18N2O/c1-11(2,3)8-12-9-6-5-7-10(13-9)14-4/h5-7H,8H2,1-4H3,(H,12,13). The maximum Gasteiger partial charge on any atom is 0.214 e. The predicted molar refractivity (Wildman–Crippen MR) is 58.7 cm³/mol. The first-order valence-corrected chi connectivity index (χ1v) is 4.76. The van der Waals surface area contributed by atoms with Gasteiger partial charge in [0, 0.05) is 12.6 Å². The van der Waals surface area contributed by atoms with E-state index in [4.69, 9.17) is 4.74 Å². The molecule has 1 aromatic heterocycles. The monoisotopic (exact) mass is 194 g/mol. The van der Waals surface area contributed by atoms with Crippen LogP contribution in [0.4, 0.5) is 5.82 Å². The lowest BCUT2D eigenvalue weighted by Crippen LogP contribution is -2.19. The van der Waals surface area contributed by atoms with Crippen molar-refractivity contribution in [2.24, 2.45) is 5.41 Å². The van der Waals surface area contributed by atoms with E-state index in [0.29, 0.717) is 5.88 Å². The van der Waals surface area contributed by atoms with Gasteiger partial charge in [0.05, 0.1) is 7.11 Å². The summed E-state index contributed by atoms with van der Waals surface area (Å²) in [5.41, 5.74) is 0.255. The minimum absolute atomic E-state index is 0.255. The van der Waals surface area contributed by atoms with Crippen LogP contribution in [0.25, 0.3) is 0 Å². The smallest absolute Gasteiger partial charge is 0.214 e. The van der Waals surface area contributed by atoms with E-state index >= 15 is 0 Å². The molecule has 1 aromatic rings. The van der Waals surface area contributed by atoms with Crippen molar-refractivity contribution in [1.82, 2.24) is 4.98 Å². The average Bonchev–Trinajstić information content (AvgIpc) is 2.14. The molecule has 3 heteroatoms. The fraction of sp³-hybridized carbons (Fsp3) is 0.545. The minimum Gasteiger partial charge on any atom is -0.481 e. The van der Waals surface area contributed by atoms with Crippen LogP contribution in [0.3, 0.4) is 0 Å². The highest BCUT2D eigenvalue weighted by atomic mass is 16.5. The zero-order valence-electron chi connectivity index (χ0n) is 9.29. The molecule has 1 N–H and O–H groups in total. The Hall–Kier alpha value is -1.25. The third-order valence-corrected chi connectivity index (χ3v) is 1.73. The van der Waals surface area contributed by atoms with Gasteiger partial charge < -0.3 is 10.1 Å². The minimum atomic E-state index is 0.255. The number of pyridine rings is 1. The van der Waals surface area contributed by atoms with Gasteiger partial charge in [0.25, 0.3) is 0 Å². The third kappa shape index (κ3) is 3.64. The van der Waals surface area contributed by atoms with Crippen LogP contribution in [0.1, 0.15) is 20.8 Å². The summed E-state index contributed by atoms with van der Waals surface area (Å²) in [5, 5.41) is 3.27. The van der Waals surface area contributed by atoms with Crippen LogP contribution in [0, 0.1) is 5.41 Å². The number of aromatic nitrogens is 1. The molecule has 14 heavy (non-hydrogen) atoms. The van der Waals surface area contributed by atoms with Crippen molar-refractivity contribution < 1.29 is 4.74 Å². The molecule has 0 saturated heterocycles. The van der Waals surface area contributed by atoms with Crippen molar-refractivity contribution in [3.8, 4) is 5.88 Å². The molecule has 0 bridgehead atoms. The highest BCUT2D eigenvalue weighted by Crippen LogP contribution is 2.15. The van der Waals surface area contributed by atoms with Crippen molar-refractivity contribution in [3.63, 3.8) is 0 Å². The van der Waals surface area contributed by atoms with E-state index in [0.717, 1.165) is 12.4 Å². The largest absolute Gasteiger partial charge is 0.481 e. The summed E-state index contributed by atoms with van der Waals surface area (Å²) in [6, 6.07) is 5.70. The predicted octanol–water partition coefficient (Wildman–Crippen LogP) is 2.55. The van der Waals surface area contributed by atoms with E-state index in [2.05, 4.69) is 31.1 Å². The van der Waals surface area contributed by atoms with E-state index in [1.54, 1.807) is 7.11 Å². The number of nitrogens with zero attached hydrogens (tertiary/aromatic N) is 1. The summed E-state index contributed by atoms with van der Waals surface area (Å²) in [6.45, 7) is 7.44. The molecule has 0 radical (unpaired) electrons. The molecule has 1 rings (SSSR count). The molecule has 0 fully saturated rings. The number of hydrogen-bond acceptors (Lipinski definition) is 3. The van der Waals surface area contributed by atoms with Crippen molar-refractivity contribution in [3.05, 3.63) is 18.2 Å². The number of ether oxygens (including phenoxy) is 1. The summed E-state index contributed by atoms with van der Waals surface area (Å²) < 4.78 is 5.04. The van der Waals surface area contributed by atoms with Crippen LogP contribution in [0.15, 0.2) is 18.2 Å². The fourth-order valence-electron chi connectivity index (χ4n) is 0.983. The normalized spacial score (nSPS) is 11.1. The molecule has 0 aliphatic carbocycles. The first-order valence-electron chi connectivity index (χ1n) is 4.76. The fourth-order valence-corrected chi connectivity index (χ4v) is 0.983. The van der Waals surface area contributed by atoms with Crippen LogP contribution < -0.4 is 10.1 Å². The summed E-state index contributed by atoms with van der Waals surface area (Å²) >= 11 is 0. The van der Waals surface area contributed by atoms with Gasteiger partial charge in [0.15, 0.2) is 0 Å². The van der Waals surface area contributed by atoms with Crippen LogP contribution in [0.5, 0.6) is 5.88 Å². The van der Waals surface area contributed by atoms with Gasteiger partial charge in [0.2, 0.25) is 5.88 Å². The van der Waals surface area contributed by atoms with Crippen molar-refractivity contribution >= 4 is 5.82 Å². The average molecular weight is 194 g/mol. The lowest BCUT2D eigenvalue weighted by Gasteiger charge is -2.19. The molecule has 0 unspecified atom stereocenters. The molecule has 1 heterocycles. The van der Waals surface area contributed by atoms with Gasteiger partial charge in [-0.15, -0.1) is 0 Å². The number of nitrogens with one attached hydrogen (secondary N) is 1. The third-order valence-electron chi connectivity index (χ3n) is 1.73. The Bertz CT molecular complexity index is 292. The molecular formula is C11H18N2O. The van der Waals surface area contributed by atoms with Crippen LogP contribution in [-0.4, -0.2) is 18.6 Å². The Kier molecular flexibility index (Phi) is 3.33. The maximum absolute atomic E-state index is 5.04. The lowest BCUT2D eigenvalue weighted by molar-refractivity contribution is 0.397. The van der Waals surface area contributed by atoms with Gasteiger partial charge in [-0.05, 0) is 11.5 Å². The molecule has 78 valence electrons. The summed E-state index contributed by atoms with van der Waals surface area (Å²) in [5.74, 6) is 1.50. The Morgan fingerprint density at radius 3 is 2.64 bits per heavy atom. The molecule has 3 nitrogen and oxygen atoms in total. The van der Waals surface area contributed by atoms with E-state index in [1.807, 2.05) is 18.2 Å². The Labute approximate surface area is 85.5 Å². The van der Waals surface area contributed by atoms with Gasteiger partial charge in [-0.1, -0.05) is 26.8 Å². The van der Waals surface area contributed by atoms with Crippen LogP contribution in [0.2, 0.25) is 0 Å². The van der Waals surface area contributed by atoms with E-state index in [-0.39, 0.29) is 5.41 Å². The molecule has 0 aromatic carbocycles. The number of methoxy groups -OCH3 is 1. The topological polar surface area (TPSA) is 34.1 Å². The Morgan fingerprint density at radius 2 is 2.07 bits per heavy atom. The molecule has 0 atom stereocenters. The molecule has 0 spiro atoms. The molecule has 0 saturated carbocycles. The zero-order chi connectivity index (χ0) is 10.6. The highest BCUT2D eigenvalue weighted by Gasteiger charge is 2.09. The molecule has 0 aliphatic heterocycles. The van der Waals surface area contributed by atoms with Gasteiger partial charge in [-0.2, -0.15) is 4.98 Å². The van der Waals surface area contributed by atoms with Crippen LogP contribution >= 0.6 is 0 Å². The van der Waals surface area contributed by atoms with Gasteiger partial charge in [-0.25, -0.2) is 0 Å². The van der Waals surface area contributed by atoms with E-state index in [1.165, 1.54) is 0 Å². The second-order valence-corrected chi connectivity index (χ2v) is 4.48. The SMILES string of the molecule is COc1cccc(NCC(C)(C)C)n1. The lowest BCUT2D eigenvalue weighted by atomic mass is 9.97. The zero-order valence-corrected chi connectivity index (χ0v) is 9.29. The van der Waals surface area contributed by atoms with Crippen molar-refractivity contribution in [2.45, 2.75) is 20.8 Å². The van der Waals surface area contributed by atoms with Gasteiger partial charge in [0.1, 0.15) is 5.82 Å². The van der Waals surface area contributed by atoms with Crippen molar-refractivity contribution in [2.75, 3.05) is 19.0 Å². The molecule has 0 amide bonds. The van der Waals surface area contributed by atoms with Crippen molar-refractivity contribution in [1.29, 1.82) is 0 Å². The van der Waals surface area contributed by atoms with Gasteiger partial charge in [-0.3, -0.25) is 0 Å². The first kappa shape index (κ1) is 10.8. The summed E-state index contributed by atoms with van der Waals surface area (Å²) in [6.07, 6.45) is 0. The summed E-state index contributed by atoms with van der Waals surface area (Å²) in [4.78, 5) is 4.26. The molecule has 0 aliphatic rings.